The van der Waals surface area contributed by atoms with E-state index in [1.54, 1.807) is 17.0 Å². The molecule has 2 heterocycles. The zero-order valence-electron chi connectivity index (χ0n) is 16.1. The lowest BCUT2D eigenvalue weighted by atomic mass is 9.94. The summed E-state index contributed by atoms with van der Waals surface area (Å²) in [7, 11) is 3.64. The molecule has 1 unspecified atom stereocenters. The molecule has 0 spiro atoms. The van der Waals surface area contributed by atoms with Gasteiger partial charge in [0.25, 0.3) is 0 Å². The van der Waals surface area contributed by atoms with Gasteiger partial charge < -0.3 is 14.5 Å². The van der Waals surface area contributed by atoms with E-state index in [0.29, 0.717) is 57.8 Å². The highest BCUT2D eigenvalue weighted by atomic mass is 19.1. The van der Waals surface area contributed by atoms with Crippen LogP contribution in [-0.2, 0) is 14.3 Å². The third kappa shape index (κ3) is 4.65. The topological polar surface area (TPSA) is 53.1 Å². The predicted molar refractivity (Wildman–Crippen MR) is 99.5 cm³/mol. The van der Waals surface area contributed by atoms with E-state index in [-0.39, 0.29) is 23.5 Å². The highest BCUT2D eigenvalue weighted by Gasteiger charge is 2.34. The Morgan fingerprint density at radius 3 is 2.37 bits per heavy atom. The molecule has 0 aliphatic carbocycles. The van der Waals surface area contributed by atoms with Crippen LogP contribution in [0.25, 0.3) is 0 Å². The third-order valence-corrected chi connectivity index (χ3v) is 5.39. The summed E-state index contributed by atoms with van der Waals surface area (Å²) in [4.78, 5) is 31.2. The molecular formula is C20H28FN3O3. The summed E-state index contributed by atoms with van der Waals surface area (Å²) in [5.41, 5.74) is 0.650. The van der Waals surface area contributed by atoms with Gasteiger partial charge in [-0.1, -0.05) is 12.1 Å². The van der Waals surface area contributed by atoms with E-state index in [9.17, 15) is 14.0 Å². The lowest BCUT2D eigenvalue weighted by Gasteiger charge is -2.37. The second kappa shape index (κ2) is 8.80. The molecule has 1 aromatic rings. The fraction of sp³-hybridized carbons (Fsp3) is 0.600. The minimum absolute atomic E-state index is 0.0286. The molecule has 6 nitrogen and oxygen atoms in total. The van der Waals surface area contributed by atoms with E-state index < -0.39 is 6.04 Å². The van der Waals surface area contributed by atoms with E-state index in [0.717, 1.165) is 0 Å². The van der Waals surface area contributed by atoms with Gasteiger partial charge in [0.05, 0.1) is 13.2 Å². The Labute approximate surface area is 159 Å². The highest BCUT2D eigenvalue weighted by Crippen LogP contribution is 2.26. The van der Waals surface area contributed by atoms with Gasteiger partial charge in [0.15, 0.2) is 0 Å². The van der Waals surface area contributed by atoms with Gasteiger partial charge in [-0.25, -0.2) is 4.39 Å². The number of likely N-dealkylation sites (tertiary alicyclic amines) is 1. The molecule has 7 heteroatoms. The summed E-state index contributed by atoms with van der Waals surface area (Å²) in [5, 5.41) is 0. The molecule has 3 rings (SSSR count). The first kappa shape index (κ1) is 19.8. The van der Waals surface area contributed by atoms with Gasteiger partial charge in [0.1, 0.15) is 11.9 Å². The summed E-state index contributed by atoms with van der Waals surface area (Å²) in [6, 6.07) is 5.68. The van der Waals surface area contributed by atoms with Crippen molar-refractivity contribution < 1.29 is 18.7 Å². The van der Waals surface area contributed by atoms with E-state index in [2.05, 4.69) is 0 Å². The van der Waals surface area contributed by atoms with Crippen LogP contribution in [0.4, 0.5) is 4.39 Å². The zero-order chi connectivity index (χ0) is 19.4. The molecule has 2 aliphatic rings. The van der Waals surface area contributed by atoms with Crippen molar-refractivity contribution in [3.05, 3.63) is 35.6 Å². The Bertz CT molecular complexity index is 668. The van der Waals surface area contributed by atoms with Crippen molar-refractivity contribution in [3.63, 3.8) is 0 Å². The number of nitrogens with zero attached hydrogens (tertiary/aromatic N) is 3. The number of hydrogen-bond donors (Lipinski definition) is 0. The number of halogens is 1. The standard InChI is InChI=1S/C20H28FN3O3/c1-22(2)18(16-4-3-5-17(21)14-16)20(26)23-8-6-15(7-9-23)19(25)24-10-12-27-13-11-24/h3-5,14-15,18H,6-13H2,1-2H3. The molecule has 1 atom stereocenters. The van der Waals surface area contributed by atoms with Crippen molar-refractivity contribution in [2.24, 2.45) is 5.92 Å². The van der Waals surface area contributed by atoms with Gasteiger partial charge in [0.2, 0.25) is 11.8 Å². The van der Waals surface area contributed by atoms with Gasteiger partial charge in [-0.2, -0.15) is 0 Å². The largest absolute Gasteiger partial charge is 0.378 e. The number of carbonyl (C=O) groups is 2. The molecule has 0 radical (unpaired) electrons. The molecule has 2 amide bonds. The van der Waals surface area contributed by atoms with Crippen molar-refractivity contribution in [2.75, 3.05) is 53.5 Å². The summed E-state index contributed by atoms with van der Waals surface area (Å²) >= 11 is 0. The van der Waals surface area contributed by atoms with Crippen LogP contribution in [0.3, 0.4) is 0 Å². The van der Waals surface area contributed by atoms with E-state index >= 15 is 0 Å². The van der Waals surface area contributed by atoms with Crippen molar-refractivity contribution in [1.29, 1.82) is 0 Å². The van der Waals surface area contributed by atoms with Crippen LogP contribution in [0.1, 0.15) is 24.4 Å². The molecule has 2 aliphatic heterocycles. The lowest BCUT2D eigenvalue weighted by molar-refractivity contribution is -0.145. The average Bonchev–Trinajstić information content (AvgIpc) is 2.68. The van der Waals surface area contributed by atoms with Gasteiger partial charge in [-0.3, -0.25) is 14.5 Å². The molecule has 2 fully saturated rings. The smallest absolute Gasteiger partial charge is 0.244 e. The van der Waals surface area contributed by atoms with Gasteiger partial charge >= 0.3 is 0 Å². The minimum atomic E-state index is -0.521. The number of ether oxygens (including phenoxy) is 1. The quantitative estimate of drug-likeness (QED) is 0.799. The van der Waals surface area contributed by atoms with E-state index in [1.807, 2.05) is 23.9 Å². The molecule has 2 saturated heterocycles. The first-order valence-electron chi connectivity index (χ1n) is 9.54. The van der Waals surface area contributed by atoms with E-state index in [1.165, 1.54) is 12.1 Å². The number of benzene rings is 1. The average molecular weight is 377 g/mol. The summed E-state index contributed by atoms with van der Waals surface area (Å²) in [5.74, 6) is -0.233. The van der Waals surface area contributed by atoms with Crippen LogP contribution in [-0.4, -0.2) is 80.0 Å². The third-order valence-electron chi connectivity index (χ3n) is 5.39. The molecule has 0 aromatic heterocycles. The first-order chi connectivity index (χ1) is 13.0. The highest BCUT2D eigenvalue weighted by molar-refractivity contribution is 5.84. The maximum atomic E-state index is 13.6. The Kier molecular flexibility index (Phi) is 6.44. The van der Waals surface area contributed by atoms with Crippen LogP contribution in [0, 0.1) is 11.7 Å². The lowest BCUT2D eigenvalue weighted by Crippen LogP contribution is -2.49. The fourth-order valence-corrected chi connectivity index (χ4v) is 3.90. The van der Waals surface area contributed by atoms with E-state index in [4.69, 9.17) is 4.74 Å². The Balaban J connectivity index is 1.62. The number of amides is 2. The SMILES string of the molecule is CN(C)C(C(=O)N1CCC(C(=O)N2CCOCC2)CC1)c1cccc(F)c1. The minimum Gasteiger partial charge on any atom is -0.378 e. The number of carbonyl (C=O) groups excluding carboxylic acids is 2. The number of morpholine rings is 1. The maximum absolute atomic E-state index is 13.6. The zero-order valence-corrected chi connectivity index (χ0v) is 16.1. The molecule has 148 valence electrons. The van der Waals surface area contributed by atoms with Crippen LogP contribution < -0.4 is 0 Å². The van der Waals surface area contributed by atoms with Crippen molar-refractivity contribution in [2.45, 2.75) is 18.9 Å². The van der Waals surface area contributed by atoms with Crippen LogP contribution in [0.2, 0.25) is 0 Å². The fourth-order valence-electron chi connectivity index (χ4n) is 3.90. The molecule has 0 N–H and O–H groups in total. The molecule has 27 heavy (non-hydrogen) atoms. The first-order valence-corrected chi connectivity index (χ1v) is 9.54. The second-order valence-electron chi connectivity index (χ2n) is 7.46. The normalized spacial score (nSPS) is 20.0. The van der Waals surface area contributed by atoms with Gasteiger partial charge in [-0.15, -0.1) is 0 Å². The molecule has 1 aromatic carbocycles. The number of piperidine rings is 1. The molecular weight excluding hydrogens is 349 g/mol. The van der Waals surface area contributed by atoms with Crippen molar-refractivity contribution >= 4 is 11.8 Å². The number of likely N-dealkylation sites (N-methyl/N-ethyl adjacent to an activating group) is 1. The Morgan fingerprint density at radius 2 is 1.78 bits per heavy atom. The molecule has 0 saturated carbocycles. The van der Waals surface area contributed by atoms with Crippen molar-refractivity contribution in [3.8, 4) is 0 Å². The van der Waals surface area contributed by atoms with Crippen LogP contribution in [0.15, 0.2) is 24.3 Å². The predicted octanol–water partition coefficient (Wildman–Crippen LogP) is 1.53. The molecule has 0 bridgehead atoms. The number of rotatable bonds is 4. The summed E-state index contributed by atoms with van der Waals surface area (Å²) < 4.78 is 18.9. The second-order valence-corrected chi connectivity index (χ2v) is 7.46. The van der Waals surface area contributed by atoms with Gasteiger partial charge in [0, 0.05) is 32.1 Å². The van der Waals surface area contributed by atoms with Crippen LogP contribution >= 0.6 is 0 Å². The summed E-state index contributed by atoms with van der Waals surface area (Å²) in [6.07, 6.45) is 1.34. The van der Waals surface area contributed by atoms with Crippen LogP contribution in [0.5, 0.6) is 0 Å². The maximum Gasteiger partial charge on any atom is 0.244 e. The Hall–Kier alpha value is -1.99. The monoisotopic (exact) mass is 377 g/mol. The number of hydrogen-bond acceptors (Lipinski definition) is 4. The Morgan fingerprint density at radius 1 is 1.11 bits per heavy atom. The van der Waals surface area contributed by atoms with Gasteiger partial charge in [-0.05, 0) is 44.6 Å². The summed E-state index contributed by atoms with van der Waals surface area (Å²) in [6.45, 7) is 3.61. The van der Waals surface area contributed by atoms with Crippen molar-refractivity contribution in [1.82, 2.24) is 14.7 Å².